The molecule has 0 aliphatic carbocycles. The lowest BCUT2D eigenvalue weighted by molar-refractivity contribution is 0.101. The molecule has 2 rings (SSSR count). The molecule has 4 nitrogen and oxygen atoms in total. The molecule has 1 aromatic heterocycles. The summed E-state index contributed by atoms with van der Waals surface area (Å²) in [6.07, 6.45) is 9.74. The van der Waals surface area contributed by atoms with Crippen molar-refractivity contribution in [2.45, 2.75) is 65.2 Å². The average Bonchev–Trinajstić information content (AvgIpc) is 3.03. The number of unbranched alkanes of at least 4 members (excludes halogenated alkanes) is 6. The minimum Gasteiger partial charge on any atom is -0.421 e. The van der Waals surface area contributed by atoms with E-state index in [2.05, 4.69) is 17.1 Å². The Morgan fingerprint density at radius 2 is 1.61 bits per heavy atom. The monoisotopic (exact) mass is 314 g/mol. The molecule has 0 bridgehead atoms. The molecule has 1 aromatic carbocycles. The van der Waals surface area contributed by atoms with E-state index in [0.29, 0.717) is 17.3 Å². The second-order valence-electron chi connectivity index (χ2n) is 6.01. The maximum absolute atomic E-state index is 11.3. The molecule has 0 unspecified atom stereocenters. The van der Waals surface area contributed by atoms with E-state index in [1.54, 1.807) is 19.1 Å². The number of ketones is 1. The zero-order valence-electron chi connectivity index (χ0n) is 14.2. The summed E-state index contributed by atoms with van der Waals surface area (Å²) in [6.45, 7) is 3.79. The van der Waals surface area contributed by atoms with Crippen molar-refractivity contribution in [3.63, 3.8) is 0 Å². The Bertz CT molecular complexity index is 602. The number of hydrogen-bond donors (Lipinski definition) is 0. The molecule has 2 aromatic rings. The summed E-state index contributed by atoms with van der Waals surface area (Å²) in [5.74, 6) is 1.28. The van der Waals surface area contributed by atoms with Crippen molar-refractivity contribution in [1.82, 2.24) is 10.2 Å². The lowest BCUT2D eigenvalue weighted by Gasteiger charge is -1.99. The number of aryl methyl sites for hydroxylation is 1. The molecule has 23 heavy (non-hydrogen) atoms. The van der Waals surface area contributed by atoms with E-state index in [1.807, 2.05) is 12.1 Å². The predicted molar refractivity (Wildman–Crippen MR) is 91.4 cm³/mol. The van der Waals surface area contributed by atoms with E-state index in [-0.39, 0.29) is 5.78 Å². The highest BCUT2D eigenvalue weighted by atomic mass is 16.4. The molecule has 4 heteroatoms. The number of carbonyl (C=O) groups excluding carboxylic acids is 1. The van der Waals surface area contributed by atoms with Crippen LogP contribution in [0.1, 0.15) is 75.0 Å². The maximum atomic E-state index is 11.3. The van der Waals surface area contributed by atoms with Crippen LogP contribution in [0, 0.1) is 0 Å². The first-order chi connectivity index (χ1) is 11.2. The Balaban J connectivity index is 1.78. The fourth-order valence-corrected chi connectivity index (χ4v) is 2.55. The van der Waals surface area contributed by atoms with E-state index in [0.717, 1.165) is 18.4 Å². The molecule has 0 amide bonds. The zero-order valence-corrected chi connectivity index (χ0v) is 14.2. The summed E-state index contributed by atoms with van der Waals surface area (Å²) < 4.78 is 5.71. The third kappa shape index (κ3) is 5.62. The highest BCUT2D eigenvalue weighted by Gasteiger charge is 2.09. The molecule has 124 valence electrons. The fourth-order valence-electron chi connectivity index (χ4n) is 2.55. The van der Waals surface area contributed by atoms with Crippen LogP contribution in [0.3, 0.4) is 0 Å². The van der Waals surface area contributed by atoms with Crippen LogP contribution in [-0.2, 0) is 6.42 Å². The molecule has 0 fully saturated rings. The second-order valence-corrected chi connectivity index (χ2v) is 6.01. The van der Waals surface area contributed by atoms with Crippen LogP contribution in [0.15, 0.2) is 28.7 Å². The van der Waals surface area contributed by atoms with Gasteiger partial charge in [-0.2, -0.15) is 0 Å². The number of carbonyl (C=O) groups is 1. The van der Waals surface area contributed by atoms with Crippen LogP contribution in [0.5, 0.6) is 0 Å². The van der Waals surface area contributed by atoms with Gasteiger partial charge in [0, 0.05) is 17.5 Å². The summed E-state index contributed by atoms with van der Waals surface area (Å²) in [4.78, 5) is 11.3. The summed E-state index contributed by atoms with van der Waals surface area (Å²) in [6, 6.07) is 7.28. The first-order valence-corrected chi connectivity index (χ1v) is 8.64. The SMILES string of the molecule is CCCCCCCCCc1nnc(-c2ccc(C(C)=O)cc2)o1. The van der Waals surface area contributed by atoms with Gasteiger partial charge < -0.3 is 4.42 Å². The van der Waals surface area contributed by atoms with Gasteiger partial charge in [0.2, 0.25) is 11.8 Å². The third-order valence-corrected chi connectivity index (χ3v) is 4.00. The number of benzene rings is 1. The van der Waals surface area contributed by atoms with Crippen molar-refractivity contribution in [1.29, 1.82) is 0 Å². The van der Waals surface area contributed by atoms with E-state index in [1.165, 1.54) is 38.5 Å². The largest absolute Gasteiger partial charge is 0.421 e. The van der Waals surface area contributed by atoms with Crippen molar-refractivity contribution in [3.8, 4) is 11.5 Å². The lowest BCUT2D eigenvalue weighted by atomic mass is 10.1. The van der Waals surface area contributed by atoms with Crippen molar-refractivity contribution in [2.24, 2.45) is 0 Å². The summed E-state index contributed by atoms with van der Waals surface area (Å²) in [5.41, 5.74) is 1.55. The average molecular weight is 314 g/mol. The molecule has 0 atom stereocenters. The van der Waals surface area contributed by atoms with Gasteiger partial charge in [-0.15, -0.1) is 10.2 Å². The molecule has 0 aliphatic rings. The first kappa shape index (κ1) is 17.4. The van der Waals surface area contributed by atoms with Crippen LogP contribution < -0.4 is 0 Å². The Labute approximate surface area is 138 Å². The zero-order chi connectivity index (χ0) is 16.5. The van der Waals surface area contributed by atoms with Gasteiger partial charge in [-0.1, -0.05) is 57.6 Å². The highest BCUT2D eigenvalue weighted by Crippen LogP contribution is 2.19. The van der Waals surface area contributed by atoms with Crippen LogP contribution in [0.4, 0.5) is 0 Å². The van der Waals surface area contributed by atoms with Crippen LogP contribution in [0.25, 0.3) is 11.5 Å². The van der Waals surface area contributed by atoms with E-state index < -0.39 is 0 Å². The van der Waals surface area contributed by atoms with Crippen LogP contribution >= 0.6 is 0 Å². The molecular weight excluding hydrogens is 288 g/mol. The molecular formula is C19H26N2O2. The Kier molecular flexibility index (Phi) is 6.98. The Hall–Kier alpha value is -1.97. The van der Waals surface area contributed by atoms with Gasteiger partial charge in [-0.3, -0.25) is 4.79 Å². The van der Waals surface area contributed by atoms with E-state index in [4.69, 9.17) is 4.42 Å². The van der Waals surface area contributed by atoms with Crippen molar-refractivity contribution in [3.05, 3.63) is 35.7 Å². The predicted octanol–water partition coefficient (Wildman–Crippen LogP) is 5.23. The molecule has 0 saturated heterocycles. The smallest absolute Gasteiger partial charge is 0.247 e. The molecule has 0 N–H and O–H groups in total. The summed E-state index contributed by atoms with van der Waals surface area (Å²) in [7, 11) is 0. The van der Waals surface area contributed by atoms with Gasteiger partial charge in [-0.25, -0.2) is 0 Å². The van der Waals surface area contributed by atoms with Gasteiger partial charge in [-0.05, 0) is 25.5 Å². The first-order valence-electron chi connectivity index (χ1n) is 8.64. The minimum atomic E-state index is 0.0571. The molecule has 1 heterocycles. The lowest BCUT2D eigenvalue weighted by Crippen LogP contribution is -1.90. The van der Waals surface area contributed by atoms with Crippen LogP contribution in [-0.4, -0.2) is 16.0 Å². The van der Waals surface area contributed by atoms with Gasteiger partial charge in [0.1, 0.15) is 0 Å². The fraction of sp³-hybridized carbons (Fsp3) is 0.526. The van der Waals surface area contributed by atoms with Gasteiger partial charge in [0.05, 0.1) is 0 Å². The van der Waals surface area contributed by atoms with E-state index in [9.17, 15) is 4.79 Å². The minimum absolute atomic E-state index is 0.0571. The third-order valence-electron chi connectivity index (χ3n) is 4.00. The topological polar surface area (TPSA) is 56.0 Å². The maximum Gasteiger partial charge on any atom is 0.247 e. The summed E-state index contributed by atoms with van der Waals surface area (Å²) >= 11 is 0. The number of hydrogen-bond acceptors (Lipinski definition) is 4. The second kappa shape index (κ2) is 9.23. The number of rotatable bonds is 10. The highest BCUT2D eigenvalue weighted by molar-refractivity contribution is 5.94. The van der Waals surface area contributed by atoms with E-state index >= 15 is 0 Å². The van der Waals surface area contributed by atoms with Gasteiger partial charge >= 0.3 is 0 Å². The Morgan fingerprint density at radius 3 is 2.26 bits per heavy atom. The number of nitrogens with zero attached hydrogens (tertiary/aromatic N) is 2. The normalized spacial score (nSPS) is 10.9. The standard InChI is InChI=1S/C19H26N2O2/c1-3-4-5-6-7-8-9-10-18-20-21-19(23-18)17-13-11-16(12-14-17)15(2)22/h11-14H,3-10H2,1-2H3. The number of Topliss-reactive ketones (excluding diaryl/α,β-unsaturated/α-hetero) is 1. The van der Waals surface area contributed by atoms with Crippen molar-refractivity contribution >= 4 is 5.78 Å². The molecule has 0 aliphatic heterocycles. The molecule has 0 radical (unpaired) electrons. The van der Waals surface area contributed by atoms with Crippen molar-refractivity contribution < 1.29 is 9.21 Å². The summed E-state index contributed by atoms with van der Waals surface area (Å²) in [5, 5.41) is 8.21. The van der Waals surface area contributed by atoms with Crippen LogP contribution in [0.2, 0.25) is 0 Å². The Morgan fingerprint density at radius 1 is 0.957 bits per heavy atom. The molecule has 0 saturated carbocycles. The van der Waals surface area contributed by atoms with Gasteiger partial charge in [0.15, 0.2) is 5.78 Å². The quantitative estimate of drug-likeness (QED) is 0.445. The van der Waals surface area contributed by atoms with Crippen molar-refractivity contribution in [2.75, 3.05) is 0 Å². The number of aromatic nitrogens is 2. The van der Waals surface area contributed by atoms with Gasteiger partial charge in [0.25, 0.3) is 0 Å². The molecule has 0 spiro atoms.